The summed E-state index contributed by atoms with van der Waals surface area (Å²) in [5.41, 5.74) is 9.84. The Bertz CT molecular complexity index is 1010. The lowest BCUT2D eigenvalue weighted by Gasteiger charge is -2.05. The van der Waals surface area contributed by atoms with E-state index in [9.17, 15) is 4.79 Å². The van der Waals surface area contributed by atoms with Gasteiger partial charge in [-0.25, -0.2) is 0 Å². The number of fused-ring (bicyclic) bond motifs is 2. The van der Waals surface area contributed by atoms with Crippen LogP contribution in [0.3, 0.4) is 0 Å². The molecule has 0 unspecified atom stereocenters. The van der Waals surface area contributed by atoms with E-state index in [1.165, 1.54) is 0 Å². The van der Waals surface area contributed by atoms with Gasteiger partial charge in [0.15, 0.2) is 5.43 Å². The van der Waals surface area contributed by atoms with Crippen molar-refractivity contribution in [3.05, 3.63) is 69.6 Å². The average molecular weight is 319 g/mol. The number of allylic oxidation sites excluding steroid dienone is 1. The molecular formula is C20H17NO3. The number of hydrogen-bond acceptors (Lipinski definition) is 4. The van der Waals surface area contributed by atoms with Gasteiger partial charge in [0.2, 0.25) is 0 Å². The SMILES string of the molecule is COc1ccc(C=C2CCc3c2oc2cc(N)ccc2c3=O)cc1. The number of methoxy groups -OCH3 is 1. The van der Waals surface area contributed by atoms with E-state index in [1.807, 2.05) is 24.3 Å². The van der Waals surface area contributed by atoms with Crippen molar-refractivity contribution < 1.29 is 9.15 Å². The number of hydrogen-bond donors (Lipinski definition) is 1. The lowest BCUT2D eigenvalue weighted by atomic mass is 10.1. The first kappa shape index (κ1) is 14.6. The van der Waals surface area contributed by atoms with E-state index in [1.54, 1.807) is 25.3 Å². The summed E-state index contributed by atoms with van der Waals surface area (Å²) in [6, 6.07) is 13.0. The second kappa shape index (κ2) is 5.57. The molecular weight excluding hydrogens is 302 g/mol. The van der Waals surface area contributed by atoms with Gasteiger partial charge in [-0.3, -0.25) is 4.79 Å². The summed E-state index contributed by atoms with van der Waals surface area (Å²) < 4.78 is 11.2. The number of nitrogens with two attached hydrogens (primary N) is 1. The van der Waals surface area contributed by atoms with E-state index in [4.69, 9.17) is 14.9 Å². The first-order chi connectivity index (χ1) is 11.7. The second-order valence-electron chi connectivity index (χ2n) is 5.94. The Hall–Kier alpha value is -3.01. The molecule has 1 aliphatic rings. The van der Waals surface area contributed by atoms with Gasteiger partial charge in [-0.1, -0.05) is 12.1 Å². The first-order valence-electron chi connectivity index (χ1n) is 7.86. The van der Waals surface area contributed by atoms with Crippen molar-refractivity contribution in [1.82, 2.24) is 0 Å². The molecule has 0 spiro atoms. The van der Waals surface area contributed by atoms with E-state index < -0.39 is 0 Å². The summed E-state index contributed by atoms with van der Waals surface area (Å²) in [5, 5.41) is 0.591. The van der Waals surface area contributed by atoms with Crippen molar-refractivity contribution in [2.75, 3.05) is 12.8 Å². The molecule has 0 amide bonds. The van der Waals surface area contributed by atoms with Gasteiger partial charge in [0.1, 0.15) is 17.1 Å². The van der Waals surface area contributed by atoms with Crippen molar-refractivity contribution >= 4 is 28.3 Å². The maximum atomic E-state index is 12.7. The van der Waals surface area contributed by atoms with Crippen LogP contribution in [0.15, 0.2) is 51.7 Å². The standard InChI is InChI=1S/C20H17NO3/c1-23-15-6-2-12(3-7-15)10-13-4-8-17-19(22)16-9-5-14(21)11-18(16)24-20(13)17/h2-3,5-7,9-11H,4,8,21H2,1H3. The predicted molar refractivity (Wildman–Crippen MR) is 96.1 cm³/mol. The van der Waals surface area contributed by atoms with Gasteiger partial charge in [0, 0.05) is 17.3 Å². The van der Waals surface area contributed by atoms with Crippen molar-refractivity contribution in [1.29, 1.82) is 0 Å². The molecule has 1 aliphatic carbocycles. The van der Waals surface area contributed by atoms with Crippen LogP contribution in [0.1, 0.15) is 23.3 Å². The van der Waals surface area contributed by atoms with Crippen LogP contribution in [0, 0.1) is 0 Å². The van der Waals surface area contributed by atoms with E-state index in [0.717, 1.165) is 28.9 Å². The summed E-state index contributed by atoms with van der Waals surface area (Å²) in [4.78, 5) is 12.7. The van der Waals surface area contributed by atoms with Crippen LogP contribution in [0.4, 0.5) is 5.69 Å². The van der Waals surface area contributed by atoms with E-state index in [2.05, 4.69) is 6.08 Å². The maximum absolute atomic E-state index is 12.7. The smallest absolute Gasteiger partial charge is 0.196 e. The highest BCUT2D eigenvalue weighted by Crippen LogP contribution is 2.34. The van der Waals surface area contributed by atoms with E-state index >= 15 is 0 Å². The van der Waals surface area contributed by atoms with Crippen LogP contribution in [0.25, 0.3) is 22.6 Å². The molecule has 3 aromatic rings. The van der Waals surface area contributed by atoms with Crippen molar-refractivity contribution in [3.63, 3.8) is 0 Å². The van der Waals surface area contributed by atoms with Crippen LogP contribution < -0.4 is 15.9 Å². The minimum Gasteiger partial charge on any atom is -0.497 e. The number of anilines is 1. The Labute approximate surface area is 139 Å². The van der Waals surface area contributed by atoms with Crippen molar-refractivity contribution in [2.45, 2.75) is 12.8 Å². The fourth-order valence-electron chi connectivity index (χ4n) is 3.15. The Balaban J connectivity index is 1.84. The lowest BCUT2D eigenvalue weighted by molar-refractivity contribution is 0.415. The molecule has 4 nitrogen and oxygen atoms in total. The van der Waals surface area contributed by atoms with Gasteiger partial charge >= 0.3 is 0 Å². The molecule has 0 atom stereocenters. The fourth-order valence-corrected chi connectivity index (χ4v) is 3.15. The van der Waals surface area contributed by atoms with Crippen LogP contribution in [-0.2, 0) is 6.42 Å². The molecule has 0 fully saturated rings. The molecule has 0 aliphatic heterocycles. The van der Waals surface area contributed by atoms with Gasteiger partial charge in [-0.15, -0.1) is 0 Å². The minimum atomic E-state index is 0.0457. The van der Waals surface area contributed by atoms with E-state index in [0.29, 0.717) is 28.8 Å². The Morgan fingerprint density at radius 2 is 1.92 bits per heavy atom. The highest BCUT2D eigenvalue weighted by atomic mass is 16.5. The maximum Gasteiger partial charge on any atom is 0.196 e. The van der Waals surface area contributed by atoms with Crippen LogP contribution in [0.5, 0.6) is 5.75 Å². The number of ether oxygens (including phenoxy) is 1. The zero-order valence-corrected chi connectivity index (χ0v) is 13.3. The Morgan fingerprint density at radius 1 is 1.12 bits per heavy atom. The zero-order chi connectivity index (χ0) is 16.7. The second-order valence-corrected chi connectivity index (χ2v) is 5.94. The normalized spacial score (nSPS) is 15.0. The fraction of sp³-hybridized carbons (Fsp3) is 0.150. The molecule has 0 saturated carbocycles. The van der Waals surface area contributed by atoms with Gasteiger partial charge in [0.25, 0.3) is 0 Å². The summed E-state index contributed by atoms with van der Waals surface area (Å²) in [5.74, 6) is 1.51. The molecule has 1 aromatic heterocycles. The van der Waals surface area contributed by atoms with Gasteiger partial charge in [-0.2, -0.15) is 0 Å². The Kier molecular flexibility index (Phi) is 3.38. The van der Waals surface area contributed by atoms with Crippen LogP contribution in [-0.4, -0.2) is 7.11 Å². The zero-order valence-electron chi connectivity index (χ0n) is 13.3. The average Bonchev–Trinajstić information content (AvgIpc) is 2.98. The molecule has 0 saturated heterocycles. The monoisotopic (exact) mass is 319 g/mol. The third-order valence-electron chi connectivity index (χ3n) is 4.40. The molecule has 0 radical (unpaired) electrons. The van der Waals surface area contributed by atoms with Crippen LogP contribution >= 0.6 is 0 Å². The molecule has 2 aromatic carbocycles. The summed E-state index contributed by atoms with van der Waals surface area (Å²) >= 11 is 0. The summed E-state index contributed by atoms with van der Waals surface area (Å²) in [6.07, 6.45) is 3.57. The molecule has 120 valence electrons. The quantitative estimate of drug-likeness (QED) is 0.728. The van der Waals surface area contributed by atoms with Crippen LogP contribution in [0.2, 0.25) is 0 Å². The third kappa shape index (κ3) is 2.36. The summed E-state index contributed by atoms with van der Waals surface area (Å²) in [7, 11) is 1.64. The Morgan fingerprint density at radius 3 is 2.67 bits per heavy atom. The molecule has 4 rings (SSSR count). The topological polar surface area (TPSA) is 65.5 Å². The van der Waals surface area contributed by atoms with Gasteiger partial charge < -0.3 is 14.9 Å². The lowest BCUT2D eigenvalue weighted by Crippen LogP contribution is -2.08. The molecule has 24 heavy (non-hydrogen) atoms. The first-order valence-corrected chi connectivity index (χ1v) is 7.86. The van der Waals surface area contributed by atoms with Crippen molar-refractivity contribution in [2.24, 2.45) is 0 Å². The highest BCUT2D eigenvalue weighted by molar-refractivity contribution is 5.87. The third-order valence-corrected chi connectivity index (χ3v) is 4.40. The van der Waals surface area contributed by atoms with Gasteiger partial charge in [-0.05, 0) is 54.3 Å². The highest BCUT2D eigenvalue weighted by Gasteiger charge is 2.23. The number of nitrogen functional groups attached to an aromatic ring is 1. The van der Waals surface area contributed by atoms with Crippen molar-refractivity contribution in [3.8, 4) is 5.75 Å². The molecule has 1 heterocycles. The molecule has 2 N–H and O–H groups in total. The minimum absolute atomic E-state index is 0.0457. The molecule has 4 heteroatoms. The molecule has 0 bridgehead atoms. The van der Waals surface area contributed by atoms with E-state index in [-0.39, 0.29) is 5.43 Å². The number of benzene rings is 2. The number of rotatable bonds is 2. The summed E-state index contributed by atoms with van der Waals surface area (Å²) in [6.45, 7) is 0. The predicted octanol–water partition coefficient (Wildman–Crippen LogP) is 3.87. The largest absolute Gasteiger partial charge is 0.497 e. The van der Waals surface area contributed by atoms with Gasteiger partial charge in [0.05, 0.1) is 12.5 Å².